The molecule has 0 aliphatic heterocycles. The molecule has 2 rings (SSSR count). The minimum Gasteiger partial charge on any atom is -0.496 e. The standard InChI is InChI=1S/C12H14N2O2/c1-14-11(5-6-13-14)10-4-3-9(8-15)7-12(10)16-2/h3-7,15H,8H2,1-2H3. The van der Waals surface area contributed by atoms with Gasteiger partial charge in [0, 0.05) is 18.8 Å². The molecule has 0 fully saturated rings. The number of aliphatic hydroxyl groups excluding tert-OH is 1. The number of benzene rings is 1. The Morgan fingerprint density at radius 1 is 1.38 bits per heavy atom. The van der Waals surface area contributed by atoms with E-state index in [4.69, 9.17) is 9.84 Å². The van der Waals surface area contributed by atoms with E-state index < -0.39 is 0 Å². The van der Waals surface area contributed by atoms with Crippen LogP contribution in [0, 0.1) is 0 Å². The number of aromatic nitrogens is 2. The van der Waals surface area contributed by atoms with Crippen molar-refractivity contribution in [3.63, 3.8) is 0 Å². The fraction of sp³-hybridized carbons (Fsp3) is 0.250. The second-order valence-electron chi connectivity index (χ2n) is 3.53. The third-order valence-electron chi connectivity index (χ3n) is 2.55. The Morgan fingerprint density at radius 2 is 2.19 bits per heavy atom. The zero-order valence-electron chi connectivity index (χ0n) is 9.34. The molecule has 0 saturated carbocycles. The Kier molecular flexibility index (Phi) is 2.92. The molecule has 0 spiro atoms. The van der Waals surface area contributed by atoms with E-state index in [2.05, 4.69) is 5.10 Å². The number of hydrogen-bond donors (Lipinski definition) is 1. The molecule has 1 aromatic heterocycles. The van der Waals surface area contributed by atoms with E-state index in [1.165, 1.54) is 0 Å². The van der Waals surface area contributed by atoms with E-state index in [0.29, 0.717) is 0 Å². The predicted molar refractivity (Wildman–Crippen MR) is 61.1 cm³/mol. The second kappa shape index (κ2) is 4.37. The molecule has 0 unspecified atom stereocenters. The molecule has 4 nitrogen and oxygen atoms in total. The highest BCUT2D eigenvalue weighted by molar-refractivity contribution is 5.67. The molecule has 0 amide bonds. The Hall–Kier alpha value is -1.81. The monoisotopic (exact) mass is 218 g/mol. The lowest BCUT2D eigenvalue weighted by Crippen LogP contribution is -1.96. The summed E-state index contributed by atoms with van der Waals surface area (Å²) in [6.07, 6.45) is 1.74. The third kappa shape index (κ3) is 1.79. The summed E-state index contributed by atoms with van der Waals surface area (Å²) < 4.78 is 7.10. The Morgan fingerprint density at radius 3 is 2.75 bits per heavy atom. The lowest BCUT2D eigenvalue weighted by molar-refractivity contribution is 0.281. The summed E-state index contributed by atoms with van der Waals surface area (Å²) in [5, 5.41) is 13.2. The number of ether oxygens (including phenoxy) is 1. The first-order valence-corrected chi connectivity index (χ1v) is 5.02. The summed E-state index contributed by atoms with van der Waals surface area (Å²) in [5.41, 5.74) is 2.80. The first-order valence-electron chi connectivity index (χ1n) is 5.02. The zero-order chi connectivity index (χ0) is 11.5. The van der Waals surface area contributed by atoms with Gasteiger partial charge in [-0.05, 0) is 23.8 Å². The molecule has 0 aliphatic carbocycles. The van der Waals surface area contributed by atoms with Crippen LogP contribution in [0.1, 0.15) is 5.56 Å². The van der Waals surface area contributed by atoms with Crippen LogP contribution in [0.2, 0.25) is 0 Å². The van der Waals surface area contributed by atoms with Crippen molar-refractivity contribution in [3.05, 3.63) is 36.0 Å². The van der Waals surface area contributed by atoms with E-state index in [-0.39, 0.29) is 6.61 Å². The van der Waals surface area contributed by atoms with Crippen molar-refractivity contribution in [2.45, 2.75) is 6.61 Å². The zero-order valence-corrected chi connectivity index (χ0v) is 9.34. The summed E-state index contributed by atoms with van der Waals surface area (Å²) in [4.78, 5) is 0. The highest BCUT2D eigenvalue weighted by Gasteiger charge is 2.09. The van der Waals surface area contributed by atoms with Gasteiger partial charge in [-0.15, -0.1) is 0 Å². The number of rotatable bonds is 3. The summed E-state index contributed by atoms with van der Waals surface area (Å²) in [6.45, 7) is 0.0159. The normalized spacial score (nSPS) is 10.4. The van der Waals surface area contributed by atoms with E-state index in [9.17, 15) is 0 Å². The Balaban J connectivity index is 2.53. The van der Waals surface area contributed by atoms with Gasteiger partial charge in [0.2, 0.25) is 0 Å². The first kappa shape index (κ1) is 10.7. The summed E-state index contributed by atoms with van der Waals surface area (Å²) >= 11 is 0. The molecule has 0 radical (unpaired) electrons. The van der Waals surface area contributed by atoms with E-state index in [1.54, 1.807) is 18.0 Å². The highest BCUT2D eigenvalue weighted by Crippen LogP contribution is 2.30. The number of hydrogen-bond acceptors (Lipinski definition) is 3. The molecule has 0 saturated heterocycles. The van der Waals surface area contributed by atoms with Gasteiger partial charge in [-0.25, -0.2) is 0 Å². The van der Waals surface area contributed by atoms with Crippen LogP contribution in [0.25, 0.3) is 11.3 Å². The molecule has 4 heteroatoms. The maximum absolute atomic E-state index is 9.06. The summed E-state index contributed by atoms with van der Waals surface area (Å²) in [5.74, 6) is 0.746. The van der Waals surface area contributed by atoms with Crippen LogP contribution in [0.3, 0.4) is 0 Å². The van der Waals surface area contributed by atoms with Crippen molar-refractivity contribution in [2.24, 2.45) is 7.05 Å². The Labute approximate surface area is 94.1 Å². The number of methoxy groups -OCH3 is 1. The van der Waals surface area contributed by atoms with E-state index in [1.807, 2.05) is 31.3 Å². The minimum absolute atomic E-state index is 0.0159. The lowest BCUT2D eigenvalue weighted by Gasteiger charge is -2.10. The Bertz CT molecular complexity index is 492. The van der Waals surface area contributed by atoms with Gasteiger partial charge in [-0.1, -0.05) is 6.07 Å². The highest BCUT2D eigenvalue weighted by atomic mass is 16.5. The second-order valence-corrected chi connectivity index (χ2v) is 3.53. The minimum atomic E-state index is 0.0159. The SMILES string of the molecule is COc1cc(CO)ccc1-c1ccnn1C. The molecular weight excluding hydrogens is 204 g/mol. The van der Waals surface area contributed by atoms with Crippen LogP contribution in [0.5, 0.6) is 5.75 Å². The van der Waals surface area contributed by atoms with Crippen LogP contribution in [-0.4, -0.2) is 22.0 Å². The van der Waals surface area contributed by atoms with Gasteiger partial charge in [-0.3, -0.25) is 4.68 Å². The molecule has 0 atom stereocenters. The van der Waals surface area contributed by atoms with Crippen molar-refractivity contribution in [3.8, 4) is 17.0 Å². The van der Waals surface area contributed by atoms with Crippen molar-refractivity contribution in [1.29, 1.82) is 0 Å². The average molecular weight is 218 g/mol. The molecule has 84 valence electrons. The molecule has 1 N–H and O–H groups in total. The van der Waals surface area contributed by atoms with Gasteiger partial charge >= 0.3 is 0 Å². The van der Waals surface area contributed by atoms with Crippen molar-refractivity contribution in [1.82, 2.24) is 9.78 Å². The van der Waals surface area contributed by atoms with Crippen LogP contribution in [0.4, 0.5) is 0 Å². The maximum atomic E-state index is 9.06. The van der Waals surface area contributed by atoms with Crippen molar-refractivity contribution in [2.75, 3.05) is 7.11 Å². The quantitative estimate of drug-likeness (QED) is 0.851. The molecule has 1 aromatic carbocycles. The maximum Gasteiger partial charge on any atom is 0.128 e. The fourth-order valence-corrected chi connectivity index (χ4v) is 1.68. The number of nitrogens with zero attached hydrogens (tertiary/aromatic N) is 2. The van der Waals surface area contributed by atoms with Gasteiger partial charge in [0.1, 0.15) is 5.75 Å². The van der Waals surface area contributed by atoms with Crippen molar-refractivity contribution < 1.29 is 9.84 Å². The molecular formula is C12H14N2O2. The van der Waals surface area contributed by atoms with Crippen molar-refractivity contribution >= 4 is 0 Å². The fourth-order valence-electron chi connectivity index (χ4n) is 1.68. The predicted octanol–water partition coefficient (Wildman–Crippen LogP) is 1.59. The third-order valence-corrected chi connectivity index (χ3v) is 2.55. The lowest BCUT2D eigenvalue weighted by atomic mass is 10.1. The smallest absolute Gasteiger partial charge is 0.128 e. The number of aliphatic hydroxyl groups is 1. The number of aryl methyl sites for hydroxylation is 1. The molecule has 16 heavy (non-hydrogen) atoms. The largest absolute Gasteiger partial charge is 0.496 e. The van der Waals surface area contributed by atoms with Crippen LogP contribution in [-0.2, 0) is 13.7 Å². The van der Waals surface area contributed by atoms with Gasteiger partial charge in [0.25, 0.3) is 0 Å². The average Bonchev–Trinajstić information content (AvgIpc) is 2.74. The topological polar surface area (TPSA) is 47.3 Å². The molecule has 1 heterocycles. The van der Waals surface area contributed by atoms with Crippen LogP contribution < -0.4 is 4.74 Å². The molecule has 0 bridgehead atoms. The summed E-state index contributed by atoms with van der Waals surface area (Å²) in [7, 11) is 3.51. The summed E-state index contributed by atoms with van der Waals surface area (Å²) in [6, 6.07) is 7.57. The molecule has 2 aromatic rings. The van der Waals surface area contributed by atoms with Gasteiger partial charge in [0.05, 0.1) is 19.4 Å². The van der Waals surface area contributed by atoms with Crippen LogP contribution >= 0.6 is 0 Å². The van der Waals surface area contributed by atoms with Crippen LogP contribution in [0.15, 0.2) is 30.5 Å². The van der Waals surface area contributed by atoms with Gasteiger partial charge in [-0.2, -0.15) is 5.10 Å². The van der Waals surface area contributed by atoms with E-state index in [0.717, 1.165) is 22.6 Å². The van der Waals surface area contributed by atoms with Gasteiger partial charge in [0.15, 0.2) is 0 Å². The van der Waals surface area contributed by atoms with Gasteiger partial charge < -0.3 is 9.84 Å². The first-order chi connectivity index (χ1) is 7.76. The molecule has 0 aliphatic rings. The van der Waals surface area contributed by atoms with E-state index >= 15 is 0 Å².